The zero-order valence-electron chi connectivity index (χ0n) is 14.7. The number of esters is 1. The Kier molecular flexibility index (Phi) is 5.06. The molecule has 3 atom stereocenters. The number of hydrogen-bond donors (Lipinski definition) is 2. The quantitative estimate of drug-likeness (QED) is 0.517. The second-order valence-electron chi connectivity index (χ2n) is 6.65. The Morgan fingerprint density at radius 3 is 2.40 bits per heavy atom. The number of carboxylic acids is 1. The molecule has 2 aliphatic heterocycles. The van der Waals surface area contributed by atoms with E-state index in [2.05, 4.69) is 0 Å². The Morgan fingerprint density at radius 2 is 2.00 bits per heavy atom. The molecule has 0 aliphatic carbocycles. The Balaban J connectivity index is 2.41. The van der Waals surface area contributed by atoms with Gasteiger partial charge in [0.2, 0.25) is 5.91 Å². The lowest BCUT2D eigenvalue weighted by Gasteiger charge is -2.50. The molecule has 2 amide bonds. The van der Waals surface area contributed by atoms with Gasteiger partial charge in [0.15, 0.2) is 0 Å². The lowest BCUT2D eigenvalue weighted by atomic mass is 9.98. The van der Waals surface area contributed by atoms with Gasteiger partial charge in [-0.25, -0.2) is 4.79 Å². The molecule has 2 N–H and O–H groups in total. The summed E-state index contributed by atoms with van der Waals surface area (Å²) in [5.41, 5.74) is 0. The summed E-state index contributed by atoms with van der Waals surface area (Å²) >= 11 is 0. The smallest absolute Gasteiger partial charge is 0.327 e. The van der Waals surface area contributed by atoms with E-state index in [-0.39, 0.29) is 25.5 Å². The summed E-state index contributed by atoms with van der Waals surface area (Å²) in [7, 11) is -1.21. The molecule has 2 aliphatic rings. The van der Waals surface area contributed by atoms with Crippen molar-refractivity contribution in [3.8, 4) is 0 Å². The molecule has 0 spiro atoms. The third-order valence-electron chi connectivity index (χ3n) is 5.02. The van der Waals surface area contributed by atoms with E-state index in [4.69, 9.17) is 4.74 Å². The molecule has 0 aromatic carbocycles. The van der Waals surface area contributed by atoms with E-state index in [1.807, 2.05) is 0 Å². The molecule has 9 nitrogen and oxygen atoms in total. The molecular formula is C15H24N2O7S. The normalized spacial score (nSPS) is 32.2. The first-order valence-corrected chi connectivity index (χ1v) is 9.77. The lowest BCUT2D eigenvalue weighted by molar-refractivity contribution is -0.157. The highest BCUT2D eigenvalue weighted by atomic mass is 32.3. The van der Waals surface area contributed by atoms with Crippen LogP contribution in [0.25, 0.3) is 0 Å². The zero-order valence-corrected chi connectivity index (χ0v) is 15.5. The fourth-order valence-electron chi connectivity index (χ4n) is 3.74. The molecule has 0 aromatic rings. The second-order valence-corrected chi connectivity index (χ2v) is 10.4. The maximum atomic E-state index is 13.2. The van der Waals surface area contributed by atoms with Crippen LogP contribution in [0.4, 0.5) is 4.79 Å². The first-order chi connectivity index (χ1) is 11.6. The molecule has 2 heterocycles. The first kappa shape index (κ1) is 19.5. The zero-order chi connectivity index (χ0) is 19.2. The number of carboxylic acid groups (broad SMARTS) is 1. The minimum absolute atomic E-state index is 0.0299. The van der Waals surface area contributed by atoms with Crippen molar-refractivity contribution in [1.82, 2.24) is 9.80 Å². The number of likely N-dealkylation sites (N-methyl/N-ethyl adjacent to an activating group) is 1. The number of carbonyl (C=O) groups is 4. The number of hydrogen-bond acceptors (Lipinski definition) is 6. The summed E-state index contributed by atoms with van der Waals surface area (Å²) < 4.78 is 3.70. The number of aliphatic carboxylic acids is 1. The van der Waals surface area contributed by atoms with Gasteiger partial charge in [0, 0.05) is 11.8 Å². The van der Waals surface area contributed by atoms with Crippen LogP contribution in [0.1, 0.15) is 27.2 Å². The van der Waals surface area contributed by atoms with Crippen molar-refractivity contribution in [2.24, 2.45) is 0 Å². The number of β-lactam (4-membered cyclic amide) rings is 1. The van der Waals surface area contributed by atoms with Crippen molar-refractivity contribution in [2.75, 3.05) is 26.1 Å². The summed E-state index contributed by atoms with van der Waals surface area (Å²) in [5, 5.41) is 18.6. The molecule has 2 rings (SSSR count). The van der Waals surface area contributed by atoms with Crippen molar-refractivity contribution in [3.05, 3.63) is 0 Å². The van der Waals surface area contributed by atoms with Crippen molar-refractivity contribution in [2.45, 2.75) is 43.4 Å². The SMILES string of the molecule is CCOC(=O)CN(C)C(=O)S1(CO)[C@@H]2CC(=O)N2[C@@H](C(=O)O)C1(C)C. The topological polar surface area (TPSA) is 124 Å². The minimum atomic E-state index is -2.62. The van der Waals surface area contributed by atoms with E-state index in [1.165, 1.54) is 11.9 Å². The van der Waals surface area contributed by atoms with E-state index in [0.29, 0.717) is 0 Å². The van der Waals surface area contributed by atoms with Gasteiger partial charge >= 0.3 is 11.9 Å². The fraction of sp³-hybridized carbons (Fsp3) is 0.733. The fourth-order valence-corrected chi connectivity index (χ4v) is 8.03. The van der Waals surface area contributed by atoms with E-state index in [9.17, 15) is 29.4 Å². The van der Waals surface area contributed by atoms with Gasteiger partial charge in [-0.2, -0.15) is 0 Å². The number of amides is 2. The number of nitrogens with zero attached hydrogens (tertiary/aromatic N) is 2. The number of carbonyl (C=O) groups excluding carboxylic acids is 3. The number of aliphatic hydroxyl groups is 1. The molecule has 1 unspecified atom stereocenters. The Morgan fingerprint density at radius 1 is 1.40 bits per heavy atom. The van der Waals surface area contributed by atoms with Crippen molar-refractivity contribution < 1.29 is 34.1 Å². The first-order valence-electron chi connectivity index (χ1n) is 7.91. The highest BCUT2D eigenvalue weighted by molar-refractivity contribution is 8.46. The van der Waals surface area contributed by atoms with Crippen LogP contribution < -0.4 is 0 Å². The van der Waals surface area contributed by atoms with Gasteiger partial charge in [0.1, 0.15) is 12.6 Å². The van der Waals surface area contributed by atoms with Crippen LogP contribution in [0.2, 0.25) is 0 Å². The van der Waals surface area contributed by atoms with Crippen molar-refractivity contribution in [3.63, 3.8) is 0 Å². The number of fused-ring (bicyclic) bond motifs is 1. The highest BCUT2D eigenvalue weighted by Crippen LogP contribution is 2.73. The summed E-state index contributed by atoms with van der Waals surface area (Å²) in [5.74, 6) is -2.66. The Bertz CT molecular complexity index is 623. The molecule has 0 aromatic heterocycles. The van der Waals surface area contributed by atoms with Crippen LogP contribution in [0.3, 0.4) is 0 Å². The van der Waals surface area contributed by atoms with Crippen LogP contribution in [0, 0.1) is 0 Å². The van der Waals surface area contributed by atoms with E-state index >= 15 is 0 Å². The number of aliphatic hydroxyl groups excluding tert-OH is 1. The molecular weight excluding hydrogens is 352 g/mol. The minimum Gasteiger partial charge on any atom is -0.480 e. The molecule has 2 fully saturated rings. The lowest BCUT2D eigenvalue weighted by Crippen LogP contribution is -2.57. The molecule has 25 heavy (non-hydrogen) atoms. The predicted octanol–water partition coefficient (Wildman–Crippen LogP) is 0.160. The summed E-state index contributed by atoms with van der Waals surface area (Å²) in [4.78, 5) is 51.0. The molecule has 0 bridgehead atoms. The second kappa shape index (κ2) is 6.49. The van der Waals surface area contributed by atoms with Gasteiger partial charge in [-0.3, -0.25) is 14.4 Å². The standard InChI is InChI=1S/C15H24N2O7S/c1-5-24-11(20)7-16(4)14(23)25(8-18)10-6-9(19)17(10)12(13(21)22)15(25,2)3/h10,12,18H,5-8H2,1-4H3,(H,21,22)/t10-,12+/m1/s1. The van der Waals surface area contributed by atoms with Crippen molar-refractivity contribution in [1.29, 1.82) is 0 Å². The molecule has 10 heteroatoms. The average molecular weight is 376 g/mol. The summed E-state index contributed by atoms with van der Waals surface area (Å²) in [6.45, 7) is 4.72. The Hall–Kier alpha value is -1.81. The third-order valence-corrected chi connectivity index (χ3v) is 9.79. The van der Waals surface area contributed by atoms with Crippen LogP contribution in [0.15, 0.2) is 0 Å². The van der Waals surface area contributed by atoms with Crippen LogP contribution in [0.5, 0.6) is 0 Å². The molecule has 142 valence electrons. The summed E-state index contributed by atoms with van der Waals surface area (Å²) in [6.07, 6.45) is 0.0299. The molecule has 2 saturated heterocycles. The van der Waals surface area contributed by atoms with Crippen LogP contribution in [-0.4, -0.2) is 85.4 Å². The molecule has 0 saturated carbocycles. The van der Waals surface area contributed by atoms with Crippen molar-refractivity contribution >= 4 is 33.1 Å². The monoisotopic (exact) mass is 376 g/mol. The van der Waals surface area contributed by atoms with Gasteiger partial charge in [0.25, 0.3) is 5.24 Å². The number of ether oxygens (including phenoxy) is 1. The highest BCUT2D eigenvalue weighted by Gasteiger charge is 2.71. The molecule has 0 radical (unpaired) electrons. The van der Waals surface area contributed by atoms with Crippen LogP contribution >= 0.6 is 10.0 Å². The number of rotatable bonds is 5. The maximum Gasteiger partial charge on any atom is 0.327 e. The van der Waals surface area contributed by atoms with Gasteiger partial charge in [-0.1, -0.05) is 0 Å². The van der Waals surface area contributed by atoms with Gasteiger partial charge < -0.3 is 24.7 Å². The summed E-state index contributed by atoms with van der Waals surface area (Å²) in [6, 6.07) is -1.18. The van der Waals surface area contributed by atoms with E-state index < -0.39 is 49.3 Å². The predicted molar refractivity (Wildman–Crippen MR) is 90.1 cm³/mol. The van der Waals surface area contributed by atoms with E-state index in [0.717, 1.165) is 4.90 Å². The average Bonchev–Trinajstić information content (AvgIpc) is 2.67. The third kappa shape index (κ3) is 2.58. The van der Waals surface area contributed by atoms with Crippen LogP contribution in [-0.2, 0) is 19.1 Å². The van der Waals surface area contributed by atoms with Gasteiger partial charge in [0.05, 0.1) is 24.3 Å². The van der Waals surface area contributed by atoms with Gasteiger partial charge in [-0.15, -0.1) is 10.0 Å². The largest absolute Gasteiger partial charge is 0.480 e. The van der Waals surface area contributed by atoms with E-state index in [1.54, 1.807) is 20.8 Å². The Labute approximate surface area is 147 Å². The maximum absolute atomic E-state index is 13.2. The van der Waals surface area contributed by atoms with Gasteiger partial charge in [-0.05, 0) is 20.8 Å².